The highest BCUT2D eigenvalue weighted by molar-refractivity contribution is 7.80. The van der Waals surface area contributed by atoms with Crippen LogP contribution in [0.25, 0.3) is 11.3 Å². The number of nitrogens with one attached hydrogen (secondary N) is 1. The van der Waals surface area contributed by atoms with Crippen molar-refractivity contribution in [3.05, 3.63) is 42.6 Å². The van der Waals surface area contributed by atoms with E-state index < -0.39 is 0 Å². The van der Waals surface area contributed by atoms with E-state index in [1.807, 2.05) is 30.5 Å². The fraction of sp³-hybridized carbons (Fsp3) is 0. The first kappa shape index (κ1) is 7.50. The minimum Gasteiger partial charge on any atom is -0.360 e. The smallest absolute Gasteiger partial charge is 0.0589 e. The Morgan fingerprint density at radius 3 is 2.33 bits per heavy atom. The van der Waals surface area contributed by atoms with Crippen LogP contribution in [0.3, 0.4) is 0 Å². The molecule has 12 heavy (non-hydrogen) atoms. The molecule has 2 aromatic rings. The summed E-state index contributed by atoms with van der Waals surface area (Å²) in [5.74, 6) is 0. The Labute approximate surface area is 76.9 Å². The normalized spacial score (nSPS) is 10.1. The topological polar surface area (TPSA) is 15.8 Å². The van der Waals surface area contributed by atoms with Crippen molar-refractivity contribution in [3.63, 3.8) is 0 Å². The van der Waals surface area contributed by atoms with Gasteiger partial charge in [-0.3, -0.25) is 0 Å². The van der Waals surface area contributed by atoms with Crippen molar-refractivity contribution in [3.8, 4) is 11.3 Å². The SMILES string of the molecule is Sc1cc[nH]c1-c1ccccc1. The van der Waals surface area contributed by atoms with Crippen molar-refractivity contribution < 1.29 is 0 Å². The quantitative estimate of drug-likeness (QED) is 0.620. The minimum atomic E-state index is 0.987. The Hall–Kier alpha value is -1.15. The molecule has 0 aliphatic heterocycles. The number of H-pyrrole nitrogens is 1. The third-order valence-corrected chi connectivity index (χ3v) is 2.16. The predicted octanol–water partition coefficient (Wildman–Crippen LogP) is 2.97. The number of thiol groups is 1. The van der Waals surface area contributed by atoms with Gasteiger partial charge in [0.05, 0.1) is 5.69 Å². The lowest BCUT2D eigenvalue weighted by molar-refractivity contribution is 1.37. The molecule has 0 saturated carbocycles. The van der Waals surface area contributed by atoms with Crippen LogP contribution < -0.4 is 0 Å². The second kappa shape index (κ2) is 3.07. The molecule has 0 saturated heterocycles. The summed E-state index contributed by atoms with van der Waals surface area (Å²) in [6.45, 7) is 0. The maximum atomic E-state index is 4.33. The van der Waals surface area contributed by atoms with E-state index >= 15 is 0 Å². The molecule has 0 atom stereocenters. The molecule has 0 fully saturated rings. The highest BCUT2D eigenvalue weighted by Crippen LogP contribution is 2.23. The number of aromatic nitrogens is 1. The number of benzene rings is 1. The molecule has 1 N–H and O–H groups in total. The fourth-order valence-electron chi connectivity index (χ4n) is 1.20. The maximum absolute atomic E-state index is 4.33. The van der Waals surface area contributed by atoms with Crippen LogP contribution >= 0.6 is 12.6 Å². The molecule has 0 amide bonds. The van der Waals surface area contributed by atoms with Gasteiger partial charge in [0.2, 0.25) is 0 Å². The molecule has 0 unspecified atom stereocenters. The predicted molar refractivity (Wildman–Crippen MR) is 53.5 cm³/mol. The summed E-state index contributed by atoms with van der Waals surface area (Å²) in [6.07, 6.45) is 1.89. The fourth-order valence-corrected chi connectivity index (χ4v) is 1.47. The van der Waals surface area contributed by atoms with Gasteiger partial charge >= 0.3 is 0 Å². The lowest BCUT2D eigenvalue weighted by Crippen LogP contribution is -1.76. The largest absolute Gasteiger partial charge is 0.360 e. The van der Waals surface area contributed by atoms with Crippen molar-refractivity contribution in [2.24, 2.45) is 0 Å². The van der Waals surface area contributed by atoms with E-state index in [0.717, 1.165) is 10.6 Å². The van der Waals surface area contributed by atoms with Gasteiger partial charge in [-0.15, -0.1) is 12.6 Å². The maximum Gasteiger partial charge on any atom is 0.0589 e. The number of rotatable bonds is 1. The van der Waals surface area contributed by atoms with Crippen LogP contribution in [0.2, 0.25) is 0 Å². The van der Waals surface area contributed by atoms with E-state index in [9.17, 15) is 0 Å². The lowest BCUT2D eigenvalue weighted by atomic mass is 10.2. The molecule has 1 heterocycles. The Morgan fingerprint density at radius 2 is 1.75 bits per heavy atom. The molecule has 2 rings (SSSR count). The van der Waals surface area contributed by atoms with Crippen LogP contribution in [0.15, 0.2) is 47.5 Å². The molecular weight excluding hydrogens is 166 g/mol. The molecule has 0 aliphatic carbocycles. The molecule has 1 aromatic heterocycles. The van der Waals surface area contributed by atoms with Crippen molar-refractivity contribution in [2.75, 3.05) is 0 Å². The summed E-state index contributed by atoms with van der Waals surface area (Å²) in [5, 5.41) is 0. The van der Waals surface area contributed by atoms with Crippen LogP contribution in [-0.2, 0) is 0 Å². The first-order chi connectivity index (χ1) is 5.88. The van der Waals surface area contributed by atoms with Gasteiger partial charge in [0.25, 0.3) is 0 Å². The third-order valence-electron chi connectivity index (χ3n) is 1.79. The highest BCUT2D eigenvalue weighted by Gasteiger charge is 2.00. The lowest BCUT2D eigenvalue weighted by Gasteiger charge is -1.97. The second-order valence-electron chi connectivity index (χ2n) is 2.60. The monoisotopic (exact) mass is 175 g/mol. The zero-order valence-electron chi connectivity index (χ0n) is 6.49. The van der Waals surface area contributed by atoms with Crippen LogP contribution in [0.5, 0.6) is 0 Å². The van der Waals surface area contributed by atoms with Crippen LogP contribution in [0, 0.1) is 0 Å². The third kappa shape index (κ3) is 1.25. The molecule has 1 aromatic carbocycles. The Morgan fingerprint density at radius 1 is 1.00 bits per heavy atom. The van der Waals surface area contributed by atoms with Crippen molar-refractivity contribution in [1.29, 1.82) is 0 Å². The highest BCUT2D eigenvalue weighted by atomic mass is 32.1. The first-order valence-corrected chi connectivity index (χ1v) is 4.24. The van der Waals surface area contributed by atoms with Gasteiger partial charge in [-0.05, 0) is 11.6 Å². The van der Waals surface area contributed by atoms with E-state index in [1.165, 1.54) is 5.56 Å². The molecule has 0 bridgehead atoms. The summed E-state index contributed by atoms with van der Waals surface area (Å²) < 4.78 is 0. The van der Waals surface area contributed by atoms with Gasteiger partial charge in [0.1, 0.15) is 0 Å². The summed E-state index contributed by atoms with van der Waals surface area (Å²) >= 11 is 4.33. The Kier molecular flexibility index (Phi) is 1.92. The summed E-state index contributed by atoms with van der Waals surface area (Å²) in [7, 11) is 0. The van der Waals surface area contributed by atoms with Crippen molar-refractivity contribution >= 4 is 12.6 Å². The van der Waals surface area contributed by atoms with E-state index in [4.69, 9.17) is 0 Å². The minimum absolute atomic E-state index is 0.987. The van der Waals surface area contributed by atoms with Crippen LogP contribution in [-0.4, -0.2) is 4.98 Å². The number of hydrogen-bond donors (Lipinski definition) is 2. The van der Waals surface area contributed by atoms with Gasteiger partial charge < -0.3 is 4.98 Å². The number of aromatic amines is 1. The molecule has 0 aliphatic rings. The first-order valence-electron chi connectivity index (χ1n) is 3.79. The zero-order chi connectivity index (χ0) is 8.39. The standard InChI is InChI=1S/C10H9NS/c12-9-6-7-11-10(9)8-4-2-1-3-5-8/h1-7,11-12H. The summed E-state index contributed by atoms with van der Waals surface area (Å²) in [5.41, 5.74) is 2.26. The molecule has 0 spiro atoms. The van der Waals surface area contributed by atoms with Crippen molar-refractivity contribution in [2.45, 2.75) is 4.90 Å². The van der Waals surface area contributed by atoms with Crippen molar-refractivity contribution in [1.82, 2.24) is 4.98 Å². The van der Waals surface area contributed by atoms with E-state index in [0.29, 0.717) is 0 Å². The van der Waals surface area contributed by atoms with Crippen LogP contribution in [0.4, 0.5) is 0 Å². The van der Waals surface area contributed by atoms with Gasteiger partial charge in [-0.25, -0.2) is 0 Å². The van der Waals surface area contributed by atoms with E-state index in [-0.39, 0.29) is 0 Å². The summed E-state index contributed by atoms with van der Waals surface area (Å²) in [6, 6.07) is 12.1. The van der Waals surface area contributed by atoms with Gasteiger partial charge in [0.15, 0.2) is 0 Å². The van der Waals surface area contributed by atoms with Crippen LogP contribution in [0.1, 0.15) is 0 Å². The molecule has 0 radical (unpaired) electrons. The average molecular weight is 175 g/mol. The molecule has 2 heteroatoms. The Bertz CT molecular complexity index is 364. The zero-order valence-corrected chi connectivity index (χ0v) is 7.38. The van der Waals surface area contributed by atoms with Gasteiger partial charge in [-0.1, -0.05) is 30.3 Å². The Balaban J connectivity index is 2.51. The van der Waals surface area contributed by atoms with Gasteiger partial charge in [-0.2, -0.15) is 0 Å². The van der Waals surface area contributed by atoms with E-state index in [1.54, 1.807) is 0 Å². The second-order valence-corrected chi connectivity index (χ2v) is 3.09. The molecule has 60 valence electrons. The van der Waals surface area contributed by atoms with E-state index in [2.05, 4.69) is 29.7 Å². The molecular formula is C10H9NS. The number of hydrogen-bond acceptors (Lipinski definition) is 1. The summed E-state index contributed by atoms with van der Waals surface area (Å²) in [4.78, 5) is 4.13. The average Bonchev–Trinajstić information content (AvgIpc) is 2.53. The van der Waals surface area contributed by atoms with Gasteiger partial charge in [0, 0.05) is 11.1 Å². The molecule has 1 nitrogen and oxygen atoms in total.